The topological polar surface area (TPSA) is 45.7 Å². The van der Waals surface area contributed by atoms with Gasteiger partial charge in [0.2, 0.25) is 5.91 Å². The standard InChI is InChI=1S/C20H29N3O2/c24-20(4-2-16-5-9-21-10-6-16)23-14-17-1-3-19(23)15-22(13-17)18-7-11-25-12-8-18/h5-6,9-10,17-19H,1-4,7-8,11-15H2/t17-,19+/m1/s1. The van der Waals surface area contributed by atoms with E-state index < -0.39 is 0 Å². The molecule has 4 aliphatic rings. The van der Waals surface area contributed by atoms with E-state index >= 15 is 0 Å². The summed E-state index contributed by atoms with van der Waals surface area (Å²) in [6.45, 7) is 4.97. The highest BCUT2D eigenvalue weighted by atomic mass is 16.5. The zero-order chi connectivity index (χ0) is 17.1. The molecule has 5 heteroatoms. The third-order valence-electron chi connectivity index (χ3n) is 6.15. The molecule has 4 aliphatic heterocycles. The van der Waals surface area contributed by atoms with Crippen LogP contribution >= 0.6 is 0 Å². The van der Waals surface area contributed by atoms with Crippen molar-refractivity contribution in [3.8, 4) is 0 Å². The number of rotatable bonds is 4. The van der Waals surface area contributed by atoms with E-state index in [2.05, 4.69) is 14.8 Å². The van der Waals surface area contributed by atoms with Crippen LogP contribution in [0.4, 0.5) is 0 Å². The highest BCUT2D eigenvalue weighted by Crippen LogP contribution is 2.31. The van der Waals surface area contributed by atoms with Crippen LogP contribution in [0.3, 0.4) is 0 Å². The molecular formula is C20H29N3O2. The molecule has 4 fully saturated rings. The molecule has 0 spiro atoms. The number of carbonyl (C=O) groups excluding carboxylic acids is 1. The minimum Gasteiger partial charge on any atom is -0.381 e. The van der Waals surface area contributed by atoms with Crippen molar-refractivity contribution in [2.24, 2.45) is 5.92 Å². The van der Waals surface area contributed by atoms with E-state index in [1.807, 2.05) is 12.1 Å². The molecule has 5 heterocycles. The molecule has 1 aromatic heterocycles. The third-order valence-corrected chi connectivity index (χ3v) is 6.15. The molecule has 5 nitrogen and oxygen atoms in total. The van der Waals surface area contributed by atoms with Gasteiger partial charge in [0.25, 0.3) is 0 Å². The summed E-state index contributed by atoms with van der Waals surface area (Å²) in [5.74, 6) is 0.979. The molecule has 1 amide bonds. The number of piperidine rings is 1. The number of nitrogens with zero attached hydrogens (tertiary/aromatic N) is 3. The smallest absolute Gasteiger partial charge is 0.223 e. The zero-order valence-corrected chi connectivity index (χ0v) is 15.0. The monoisotopic (exact) mass is 343 g/mol. The first-order valence-electron chi connectivity index (χ1n) is 9.80. The normalized spacial score (nSPS) is 28.1. The lowest BCUT2D eigenvalue weighted by atomic mass is 9.94. The fourth-order valence-electron chi connectivity index (χ4n) is 4.72. The van der Waals surface area contributed by atoms with Crippen LogP contribution in [0.25, 0.3) is 0 Å². The van der Waals surface area contributed by atoms with Crippen LogP contribution in [0.2, 0.25) is 0 Å². The first-order chi connectivity index (χ1) is 12.3. The zero-order valence-electron chi connectivity index (χ0n) is 15.0. The molecule has 2 atom stereocenters. The third kappa shape index (κ3) is 4.04. The van der Waals surface area contributed by atoms with Crippen LogP contribution in [0.1, 0.15) is 37.7 Å². The Hall–Kier alpha value is -1.46. The first-order valence-corrected chi connectivity index (χ1v) is 9.80. The van der Waals surface area contributed by atoms with Gasteiger partial charge in [-0.3, -0.25) is 14.7 Å². The average molecular weight is 343 g/mol. The lowest BCUT2D eigenvalue weighted by Gasteiger charge is -2.37. The Balaban J connectivity index is 1.37. The number of hydrogen-bond acceptors (Lipinski definition) is 4. The van der Waals surface area contributed by atoms with Gasteiger partial charge in [-0.25, -0.2) is 0 Å². The average Bonchev–Trinajstić information content (AvgIpc) is 3.00. The fraction of sp³-hybridized carbons (Fsp3) is 0.700. The lowest BCUT2D eigenvalue weighted by molar-refractivity contribution is -0.135. The van der Waals surface area contributed by atoms with Gasteiger partial charge in [0, 0.05) is 63.7 Å². The maximum atomic E-state index is 12.9. The molecule has 0 aromatic carbocycles. The minimum atomic E-state index is 0.334. The van der Waals surface area contributed by atoms with Crippen molar-refractivity contribution in [3.63, 3.8) is 0 Å². The van der Waals surface area contributed by atoms with E-state index in [1.165, 1.54) is 18.4 Å². The van der Waals surface area contributed by atoms with E-state index in [0.717, 1.165) is 52.1 Å². The number of aromatic nitrogens is 1. The van der Waals surface area contributed by atoms with Gasteiger partial charge in [0.05, 0.1) is 0 Å². The van der Waals surface area contributed by atoms with Crippen LogP contribution in [-0.4, -0.2) is 65.6 Å². The molecule has 5 rings (SSSR count). The molecule has 0 N–H and O–H groups in total. The van der Waals surface area contributed by atoms with Gasteiger partial charge in [-0.05, 0) is 55.7 Å². The lowest BCUT2D eigenvalue weighted by Crippen LogP contribution is -2.48. The van der Waals surface area contributed by atoms with Crippen LogP contribution in [0.15, 0.2) is 24.5 Å². The Morgan fingerprint density at radius 1 is 1.04 bits per heavy atom. The Kier molecular flexibility index (Phi) is 5.32. The predicted molar refractivity (Wildman–Crippen MR) is 96.2 cm³/mol. The van der Waals surface area contributed by atoms with Gasteiger partial charge in [0.15, 0.2) is 0 Å². The first kappa shape index (κ1) is 17.0. The number of fused-ring (bicyclic) bond motifs is 4. The van der Waals surface area contributed by atoms with Crippen LogP contribution in [0.5, 0.6) is 0 Å². The summed E-state index contributed by atoms with van der Waals surface area (Å²) < 4.78 is 5.53. The second-order valence-electron chi connectivity index (χ2n) is 7.80. The van der Waals surface area contributed by atoms with Crippen LogP contribution in [-0.2, 0) is 16.0 Å². The number of carbonyl (C=O) groups is 1. The second kappa shape index (κ2) is 7.83. The summed E-state index contributed by atoms with van der Waals surface area (Å²) in [4.78, 5) is 21.8. The van der Waals surface area contributed by atoms with E-state index in [9.17, 15) is 4.79 Å². The van der Waals surface area contributed by atoms with E-state index in [0.29, 0.717) is 30.3 Å². The van der Waals surface area contributed by atoms with Crippen LogP contribution < -0.4 is 0 Å². The summed E-state index contributed by atoms with van der Waals surface area (Å²) in [5, 5.41) is 0. The Bertz CT molecular complexity index is 574. The van der Waals surface area contributed by atoms with Gasteiger partial charge in [-0.2, -0.15) is 0 Å². The molecule has 0 saturated carbocycles. The molecule has 136 valence electrons. The summed E-state index contributed by atoms with van der Waals surface area (Å²) in [6.07, 6.45) is 9.79. The van der Waals surface area contributed by atoms with Gasteiger partial charge >= 0.3 is 0 Å². The highest BCUT2D eigenvalue weighted by Gasteiger charge is 2.38. The number of pyridine rings is 1. The Labute approximate surface area is 150 Å². The fourth-order valence-corrected chi connectivity index (χ4v) is 4.72. The van der Waals surface area contributed by atoms with Gasteiger partial charge in [-0.15, -0.1) is 0 Å². The maximum Gasteiger partial charge on any atom is 0.223 e. The predicted octanol–water partition coefficient (Wildman–Crippen LogP) is 2.12. The summed E-state index contributed by atoms with van der Waals surface area (Å²) in [7, 11) is 0. The van der Waals surface area contributed by atoms with Crippen molar-refractivity contribution in [1.29, 1.82) is 0 Å². The SMILES string of the molecule is O=C(CCc1ccncc1)N1C[C@@H]2CC[C@H]1CN(C1CCOCC1)C2. The highest BCUT2D eigenvalue weighted by molar-refractivity contribution is 5.77. The molecule has 0 radical (unpaired) electrons. The van der Waals surface area contributed by atoms with Gasteiger partial charge < -0.3 is 9.64 Å². The van der Waals surface area contributed by atoms with Crippen molar-refractivity contribution < 1.29 is 9.53 Å². The molecule has 2 bridgehead atoms. The number of hydrogen-bond donors (Lipinski definition) is 0. The molecule has 4 saturated heterocycles. The van der Waals surface area contributed by atoms with Gasteiger partial charge in [0.1, 0.15) is 0 Å². The molecule has 0 unspecified atom stereocenters. The van der Waals surface area contributed by atoms with E-state index in [4.69, 9.17) is 4.74 Å². The van der Waals surface area contributed by atoms with Crippen LogP contribution in [0, 0.1) is 5.92 Å². The maximum absolute atomic E-state index is 12.9. The molecule has 25 heavy (non-hydrogen) atoms. The van der Waals surface area contributed by atoms with E-state index in [1.54, 1.807) is 12.4 Å². The molecule has 1 aromatic rings. The second-order valence-corrected chi connectivity index (χ2v) is 7.80. The van der Waals surface area contributed by atoms with Crippen molar-refractivity contribution in [1.82, 2.24) is 14.8 Å². The minimum absolute atomic E-state index is 0.334. The van der Waals surface area contributed by atoms with Crippen molar-refractivity contribution in [2.45, 2.75) is 50.6 Å². The van der Waals surface area contributed by atoms with E-state index in [-0.39, 0.29) is 0 Å². The summed E-state index contributed by atoms with van der Waals surface area (Å²) >= 11 is 0. The summed E-state index contributed by atoms with van der Waals surface area (Å²) in [6, 6.07) is 5.08. The number of aryl methyl sites for hydroxylation is 1. The Morgan fingerprint density at radius 2 is 1.84 bits per heavy atom. The molecule has 0 aliphatic carbocycles. The quantitative estimate of drug-likeness (QED) is 0.840. The number of amides is 1. The Morgan fingerprint density at radius 3 is 2.64 bits per heavy atom. The summed E-state index contributed by atoms with van der Waals surface area (Å²) in [5.41, 5.74) is 1.20. The van der Waals surface area contributed by atoms with Crippen molar-refractivity contribution in [3.05, 3.63) is 30.1 Å². The van der Waals surface area contributed by atoms with Gasteiger partial charge in [-0.1, -0.05) is 0 Å². The van der Waals surface area contributed by atoms with Crippen molar-refractivity contribution >= 4 is 5.91 Å². The van der Waals surface area contributed by atoms with Crippen molar-refractivity contribution in [2.75, 3.05) is 32.8 Å². The number of ether oxygens (including phenoxy) is 1. The largest absolute Gasteiger partial charge is 0.381 e. The molecular weight excluding hydrogens is 314 g/mol.